The summed E-state index contributed by atoms with van der Waals surface area (Å²) in [5.41, 5.74) is 1.21. The van der Waals surface area contributed by atoms with E-state index in [2.05, 4.69) is 34.3 Å². The SMILES string of the molecule is C[C@H](CNc1ccccn1)I1CCN(c2cccc3c2OCCO3)CC1. The van der Waals surface area contributed by atoms with E-state index in [0.29, 0.717) is 13.2 Å². The Morgan fingerprint density at radius 3 is 2.77 bits per heavy atom. The Morgan fingerprint density at radius 2 is 1.96 bits per heavy atom. The summed E-state index contributed by atoms with van der Waals surface area (Å²) >= 11 is -0.949. The van der Waals surface area contributed by atoms with Crippen LogP contribution in [0.4, 0.5) is 11.5 Å². The molecule has 1 saturated heterocycles. The van der Waals surface area contributed by atoms with E-state index in [0.717, 1.165) is 40.9 Å². The maximum atomic E-state index is 5.90. The molecule has 1 aromatic heterocycles. The van der Waals surface area contributed by atoms with Crippen molar-refractivity contribution >= 4 is 31.3 Å². The number of nitrogens with zero attached hydrogens (tertiary/aromatic N) is 2. The molecule has 1 N–H and O–H groups in total. The Labute approximate surface area is 162 Å². The normalized spacial score (nSPS) is 19.1. The number of rotatable bonds is 5. The molecule has 0 saturated carbocycles. The third-order valence-corrected chi connectivity index (χ3v) is 12.0. The predicted octanol–water partition coefficient (Wildman–Crippen LogP) is 3.68. The van der Waals surface area contributed by atoms with Crippen LogP contribution in [-0.4, -0.2) is 50.6 Å². The maximum absolute atomic E-state index is 5.90. The van der Waals surface area contributed by atoms with Gasteiger partial charge in [0.05, 0.1) is 0 Å². The number of ether oxygens (including phenoxy) is 2. The summed E-state index contributed by atoms with van der Waals surface area (Å²) < 4.78 is 15.1. The van der Waals surface area contributed by atoms with Gasteiger partial charge in [0.2, 0.25) is 0 Å². The van der Waals surface area contributed by atoms with Gasteiger partial charge in [0.15, 0.2) is 0 Å². The zero-order chi connectivity index (χ0) is 17.8. The number of aromatic nitrogens is 1. The van der Waals surface area contributed by atoms with Crippen molar-refractivity contribution in [2.75, 3.05) is 51.9 Å². The zero-order valence-electron chi connectivity index (χ0n) is 15.2. The number of anilines is 2. The van der Waals surface area contributed by atoms with Crippen LogP contribution in [0.3, 0.4) is 0 Å². The van der Waals surface area contributed by atoms with Crippen molar-refractivity contribution in [3.8, 4) is 11.5 Å². The van der Waals surface area contributed by atoms with Crippen molar-refractivity contribution in [3.05, 3.63) is 42.6 Å². The van der Waals surface area contributed by atoms with Crippen LogP contribution in [0.15, 0.2) is 42.6 Å². The second kappa shape index (κ2) is 8.33. The number of hydrogen-bond acceptors (Lipinski definition) is 5. The fraction of sp³-hybridized carbons (Fsp3) is 0.450. The molecule has 0 aliphatic carbocycles. The first-order chi connectivity index (χ1) is 12.8. The van der Waals surface area contributed by atoms with Gasteiger partial charge in [-0.1, -0.05) is 0 Å². The summed E-state index contributed by atoms with van der Waals surface area (Å²) in [4.78, 5) is 6.85. The number of hydrogen-bond donors (Lipinski definition) is 1. The van der Waals surface area contributed by atoms with Gasteiger partial charge in [0, 0.05) is 0 Å². The second-order valence-electron chi connectivity index (χ2n) is 6.54. The molecule has 2 aliphatic rings. The molecule has 140 valence electrons. The van der Waals surface area contributed by atoms with Gasteiger partial charge in [-0.05, 0) is 0 Å². The van der Waals surface area contributed by atoms with Crippen LogP contribution >= 0.6 is 19.8 Å². The number of benzene rings is 1. The fourth-order valence-corrected chi connectivity index (χ4v) is 9.28. The van der Waals surface area contributed by atoms with Crippen molar-refractivity contribution in [1.82, 2.24) is 4.98 Å². The summed E-state index contributed by atoms with van der Waals surface area (Å²) in [5, 5.41) is 3.50. The molecule has 6 heteroatoms. The van der Waals surface area contributed by atoms with E-state index in [1.165, 1.54) is 14.5 Å². The van der Waals surface area contributed by atoms with E-state index in [4.69, 9.17) is 9.47 Å². The van der Waals surface area contributed by atoms with Crippen molar-refractivity contribution < 1.29 is 9.47 Å². The summed E-state index contributed by atoms with van der Waals surface area (Å²) in [6, 6.07) is 12.3. The van der Waals surface area contributed by atoms with Crippen molar-refractivity contribution in [1.29, 1.82) is 0 Å². The molecule has 0 amide bonds. The number of halogens is 1. The zero-order valence-corrected chi connectivity index (χ0v) is 17.3. The Hall–Kier alpha value is -1.70. The topological polar surface area (TPSA) is 46.6 Å². The van der Waals surface area contributed by atoms with Gasteiger partial charge < -0.3 is 0 Å². The minimum atomic E-state index is -0.949. The third-order valence-electron chi connectivity index (χ3n) is 4.84. The summed E-state index contributed by atoms with van der Waals surface area (Å²) in [7, 11) is 0. The van der Waals surface area contributed by atoms with E-state index >= 15 is 0 Å². The van der Waals surface area contributed by atoms with E-state index in [1.54, 1.807) is 0 Å². The Bertz CT molecular complexity index is 720. The Morgan fingerprint density at radius 1 is 1.12 bits per heavy atom. The number of nitrogens with one attached hydrogen (secondary N) is 1. The first kappa shape index (κ1) is 17.7. The van der Waals surface area contributed by atoms with E-state index in [-0.39, 0.29) is 0 Å². The van der Waals surface area contributed by atoms with Crippen LogP contribution < -0.4 is 19.7 Å². The summed E-state index contributed by atoms with van der Waals surface area (Å²) in [6.07, 6.45) is 1.84. The molecule has 0 unspecified atom stereocenters. The predicted molar refractivity (Wildman–Crippen MR) is 116 cm³/mol. The second-order valence-corrected chi connectivity index (χ2v) is 13.7. The molecular formula is C20H26IN3O2. The van der Waals surface area contributed by atoms with Gasteiger partial charge in [-0.15, -0.1) is 0 Å². The van der Waals surface area contributed by atoms with Crippen LogP contribution in [0, 0.1) is 0 Å². The summed E-state index contributed by atoms with van der Waals surface area (Å²) in [5.74, 6) is 2.82. The number of fused-ring (bicyclic) bond motifs is 1. The molecule has 4 rings (SSSR count). The molecular weight excluding hydrogens is 441 g/mol. The van der Waals surface area contributed by atoms with Gasteiger partial charge in [-0.2, -0.15) is 0 Å². The van der Waals surface area contributed by atoms with Crippen LogP contribution in [0.25, 0.3) is 0 Å². The summed E-state index contributed by atoms with van der Waals surface area (Å²) in [6.45, 7) is 7.02. The first-order valence-electron chi connectivity index (χ1n) is 9.20. The quantitative estimate of drug-likeness (QED) is 0.537. The number of alkyl halides is 3. The minimum absolute atomic E-state index is 0.645. The van der Waals surface area contributed by atoms with Crippen LogP contribution in [0.1, 0.15) is 6.92 Å². The Balaban J connectivity index is 1.33. The molecule has 0 spiro atoms. The number of pyridine rings is 1. The molecule has 1 fully saturated rings. The van der Waals surface area contributed by atoms with Crippen LogP contribution in [0.2, 0.25) is 0 Å². The average Bonchev–Trinajstić information content (AvgIpc) is 2.72. The van der Waals surface area contributed by atoms with Gasteiger partial charge >= 0.3 is 163 Å². The third kappa shape index (κ3) is 4.00. The molecule has 3 heterocycles. The molecule has 1 atom stereocenters. The molecule has 5 nitrogen and oxygen atoms in total. The standard InChI is InChI=1S/C20H26IN3O2/c1-16(15-23-19-7-2-3-10-22-19)21-8-11-24(12-9-21)17-5-4-6-18-20(17)26-14-13-25-18/h2-7,10,16H,8-9,11-15H2,1H3,(H,22,23)/t16-/m1/s1. The average molecular weight is 467 g/mol. The van der Waals surface area contributed by atoms with Gasteiger partial charge in [-0.3, -0.25) is 0 Å². The van der Waals surface area contributed by atoms with Crippen molar-refractivity contribution in [2.45, 2.75) is 10.8 Å². The molecule has 2 aromatic rings. The monoisotopic (exact) mass is 467 g/mol. The van der Waals surface area contributed by atoms with Gasteiger partial charge in [0.1, 0.15) is 0 Å². The molecule has 1 aromatic carbocycles. The molecule has 2 aliphatic heterocycles. The van der Waals surface area contributed by atoms with Gasteiger partial charge in [-0.25, -0.2) is 0 Å². The van der Waals surface area contributed by atoms with E-state index in [9.17, 15) is 0 Å². The number of para-hydroxylation sites is 1. The van der Waals surface area contributed by atoms with Crippen molar-refractivity contribution in [2.24, 2.45) is 0 Å². The van der Waals surface area contributed by atoms with Crippen LogP contribution in [0.5, 0.6) is 11.5 Å². The van der Waals surface area contributed by atoms with Crippen molar-refractivity contribution in [3.63, 3.8) is 0 Å². The molecule has 0 radical (unpaired) electrons. The van der Waals surface area contributed by atoms with Gasteiger partial charge in [0.25, 0.3) is 0 Å². The fourth-order valence-electron chi connectivity index (χ4n) is 3.37. The molecule has 26 heavy (non-hydrogen) atoms. The van der Waals surface area contributed by atoms with E-state index in [1.807, 2.05) is 30.5 Å². The van der Waals surface area contributed by atoms with Crippen LogP contribution in [-0.2, 0) is 0 Å². The first-order valence-corrected chi connectivity index (χ1v) is 13.5. The molecule has 0 bridgehead atoms. The Kier molecular flexibility index (Phi) is 5.67. The van der Waals surface area contributed by atoms with E-state index < -0.39 is 19.8 Å².